The highest BCUT2D eigenvalue weighted by Crippen LogP contribution is 2.68. The molecular weight excluding hydrogens is 296 g/mol. The van der Waals surface area contributed by atoms with Crippen LogP contribution >= 0.6 is 15.2 Å². The van der Waals surface area contributed by atoms with Gasteiger partial charge in [0.1, 0.15) is 0 Å². The minimum absolute atomic E-state index is 0.0396. The van der Waals surface area contributed by atoms with Crippen molar-refractivity contribution >= 4 is 15.2 Å². The predicted octanol–water partition coefficient (Wildman–Crippen LogP) is 0.546. The number of aliphatic hydroxyl groups is 1. The maximum Gasteiger partial charge on any atom is 0.369 e. The fourth-order valence-corrected chi connectivity index (χ4v) is 3.72. The summed E-state index contributed by atoms with van der Waals surface area (Å²) in [6.45, 7) is 3.77. The first-order chi connectivity index (χ1) is 8.45. The molecule has 19 heavy (non-hydrogen) atoms. The molecule has 0 aromatic rings. The third-order valence-electron chi connectivity index (χ3n) is 2.88. The Morgan fingerprint density at radius 2 is 1.63 bits per heavy atom. The third-order valence-corrected chi connectivity index (χ3v) is 6.75. The van der Waals surface area contributed by atoms with Crippen molar-refractivity contribution in [1.29, 1.82) is 0 Å². The Morgan fingerprint density at radius 1 is 1.16 bits per heavy atom. The average Bonchev–Trinajstić information content (AvgIpc) is 2.22. The van der Waals surface area contributed by atoms with Crippen LogP contribution in [0.4, 0.5) is 0 Å². The number of hydrogen-bond donors (Lipinski definition) is 6. The van der Waals surface area contributed by atoms with Gasteiger partial charge in [-0.1, -0.05) is 19.8 Å². The Balaban J connectivity index is 4.56. The Morgan fingerprint density at radius 3 is 2.00 bits per heavy atom. The molecule has 0 aliphatic rings. The van der Waals surface area contributed by atoms with Gasteiger partial charge in [0.25, 0.3) is 5.08 Å². The van der Waals surface area contributed by atoms with Crippen LogP contribution in [0.1, 0.15) is 39.5 Å². The van der Waals surface area contributed by atoms with Gasteiger partial charge < -0.3 is 30.0 Å². The average molecular weight is 319 g/mol. The van der Waals surface area contributed by atoms with Crippen molar-refractivity contribution in [3.8, 4) is 0 Å². The molecule has 0 aromatic heterocycles. The van der Waals surface area contributed by atoms with Crippen molar-refractivity contribution in [3.63, 3.8) is 0 Å². The minimum Gasteiger partial charge on any atom is -0.367 e. The molecule has 0 amide bonds. The van der Waals surface area contributed by atoms with Crippen LogP contribution in [0.3, 0.4) is 0 Å². The van der Waals surface area contributed by atoms with Crippen LogP contribution in [-0.4, -0.2) is 42.3 Å². The number of rotatable bonds is 9. The Kier molecular flexibility index (Phi) is 7.38. The van der Waals surface area contributed by atoms with Gasteiger partial charge >= 0.3 is 15.2 Å². The monoisotopic (exact) mass is 319 g/mol. The normalized spacial score (nSPS) is 15.5. The van der Waals surface area contributed by atoms with Gasteiger partial charge in [0.15, 0.2) is 0 Å². The molecule has 1 unspecified atom stereocenters. The van der Waals surface area contributed by atoms with E-state index in [-0.39, 0.29) is 12.6 Å². The first-order valence-corrected chi connectivity index (χ1v) is 9.25. The van der Waals surface area contributed by atoms with Gasteiger partial charge in [-0.05, 0) is 19.9 Å². The molecule has 6 N–H and O–H groups in total. The van der Waals surface area contributed by atoms with Gasteiger partial charge in [0, 0.05) is 12.5 Å². The molecule has 116 valence electrons. The molecule has 0 rings (SSSR count). The molecule has 0 spiro atoms. The molecular formula is C9H23NO7P2. The summed E-state index contributed by atoms with van der Waals surface area (Å²) in [5.74, 6) is 0. The lowest BCUT2D eigenvalue weighted by Crippen LogP contribution is -2.35. The van der Waals surface area contributed by atoms with E-state index in [2.05, 4.69) is 5.32 Å². The molecule has 0 saturated heterocycles. The zero-order chi connectivity index (χ0) is 15.3. The van der Waals surface area contributed by atoms with E-state index in [9.17, 15) is 14.2 Å². The van der Waals surface area contributed by atoms with E-state index in [0.29, 0.717) is 0 Å². The second-order valence-corrected chi connectivity index (χ2v) is 8.62. The van der Waals surface area contributed by atoms with Crippen LogP contribution in [0.25, 0.3) is 0 Å². The van der Waals surface area contributed by atoms with Crippen LogP contribution in [0, 0.1) is 0 Å². The molecule has 0 heterocycles. The van der Waals surface area contributed by atoms with Crippen molar-refractivity contribution in [2.45, 2.75) is 50.7 Å². The lowest BCUT2D eigenvalue weighted by atomic mass is 10.1. The summed E-state index contributed by atoms with van der Waals surface area (Å²) in [4.78, 5) is 35.7. The quantitative estimate of drug-likeness (QED) is 0.338. The Labute approximate surface area is 112 Å². The topological polar surface area (TPSA) is 147 Å². The molecule has 0 radical (unpaired) electrons. The van der Waals surface area contributed by atoms with E-state index < -0.39 is 26.7 Å². The summed E-state index contributed by atoms with van der Waals surface area (Å²) in [6.07, 6.45) is 2.08. The minimum atomic E-state index is -5.34. The summed E-state index contributed by atoms with van der Waals surface area (Å²) in [6, 6.07) is 0.0396. The van der Waals surface area contributed by atoms with Crippen molar-refractivity contribution < 1.29 is 33.8 Å². The van der Waals surface area contributed by atoms with Crippen molar-refractivity contribution in [2.24, 2.45) is 0 Å². The van der Waals surface area contributed by atoms with E-state index in [1.165, 1.54) is 0 Å². The molecule has 0 bridgehead atoms. The van der Waals surface area contributed by atoms with E-state index in [1.54, 1.807) is 0 Å². The van der Waals surface area contributed by atoms with Crippen LogP contribution in [-0.2, 0) is 9.13 Å². The summed E-state index contributed by atoms with van der Waals surface area (Å²) in [7, 11) is -10.7. The van der Waals surface area contributed by atoms with Gasteiger partial charge in [0.2, 0.25) is 0 Å². The van der Waals surface area contributed by atoms with Crippen LogP contribution in [0.5, 0.6) is 0 Å². The summed E-state index contributed by atoms with van der Waals surface area (Å²) >= 11 is 0. The highest BCUT2D eigenvalue weighted by molar-refractivity contribution is 7.72. The third kappa shape index (κ3) is 5.61. The van der Waals surface area contributed by atoms with Gasteiger partial charge in [0.05, 0.1) is 0 Å². The standard InChI is InChI=1S/C9H23NO7P2/c1-3-4-5-8(2)10-7-6-9(11,18(12,13)14)19(15,16)17/h8,10-11H,3-7H2,1-2H3,(H2,12,13,14)(H2,15,16,17). The fourth-order valence-electron chi connectivity index (χ4n) is 1.56. The molecule has 0 aliphatic carbocycles. The summed E-state index contributed by atoms with van der Waals surface area (Å²) in [5.41, 5.74) is 0. The molecule has 1 atom stereocenters. The van der Waals surface area contributed by atoms with Crippen LogP contribution < -0.4 is 5.32 Å². The second-order valence-electron chi connectivity index (χ2n) is 4.61. The van der Waals surface area contributed by atoms with E-state index in [4.69, 9.17) is 19.6 Å². The zero-order valence-electron chi connectivity index (χ0n) is 11.1. The van der Waals surface area contributed by atoms with Crippen molar-refractivity contribution in [1.82, 2.24) is 5.32 Å². The smallest absolute Gasteiger partial charge is 0.367 e. The van der Waals surface area contributed by atoms with E-state index in [0.717, 1.165) is 19.3 Å². The van der Waals surface area contributed by atoms with Crippen molar-refractivity contribution in [3.05, 3.63) is 0 Å². The van der Waals surface area contributed by atoms with Gasteiger partial charge in [-0.3, -0.25) is 9.13 Å². The van der Waals surface area contributed by atoms with Gasteiger partial charge in [-0.25, -0.2) is 0 Å². The Bertz CT molecular complexity index is 342. The number of hydrogen-bond acceptors (Lipinski definition) is 4. The zero-order valence-corrected chi connectivity index (χ0v) is 12.8. The molecule has 10 heteroatoms. The number of unbranched alkanes of at least 4 members (excludes halogenated alkanes) is 1. The maximum absolute atomic E-state index is 11.1. The molecule has 0 fully saturated rings. The van der Waals surface area contributed by atoms with E-state index >= 15 is 0 Å². The molecule has 8 nitrogen and oxygen atoms in total. The SMILES string of the molecule is CCCCC(C)NCCC(O)(P(=O)(O)O)P(=O)(O)O. The molecule has 0 saturated carbocycles. The summed E-state index contributed by atoms with van der Waals surface area (Å²) < 4.78 is 22.1. The van der Waals surface area contributed by atoms with E-state index in [1.807, 2.05) is 13.8 Å². The van der Waals surface area contributed by atoms with Gasteiger partial charge in [-0.2, -0.15) is 0 Å². The van der Waals surface area contributed by atoms with Gasteiger partial charge in [-0.15, -0.1) is 0 Å². The summed E-state index contributed by atoms with van der Waals surface area (Å²) in [5, 5.41) is 9.16. The Hall–Kier alpha value is 0.220. The first kappa shape index (κ1) is 19.2. The highest BCUT2D eigenvalue weighted by atomic mass is 31.2. The van der Waals surface area contributed by atoms with Crippen LogP contribution in [0.15, 0.2) is 0 Å². The highest BCUT2D eigenvalue weighted by Gasteiger charge is 2.58. The molecule has 0 aromatic carbocycles. The van der Waals surface area contributed by atoms with Crippen LogP contribution in [0.2, 0.25) is 0 Å². The number of nitrogens with one attached hydrogen (secondary N) is 1. The maximum atomic E-state index is 11.1. The van der Waals surface area contributed by atoms with Crippen molar-refractivity contribution in [2.75, 3.05) is 6.54 Å². The fraction of sp³-hybridized carbons (Fsp3) is 1.00. The molecule has 0 aliphatic heterocycles. The predicted molar refractivity (Wildman–Crippen MR) is 70.6 cm³/mol. The largest absolute Gasteiger partial charge is 0.369 e. The second kappa shape index (κ2) is 7.29. The lowest BCUT2D eigenvalue weighted by molar-refractivity contribution is 0.122. The lowest BCUT2D eigenvalue weighted by Gasteiger charge is -2.29. The first-order valence-electron chi connectivity index (χ1n) is 6.02.